The van der Waals surface area contributed by atoms with Gasteiger partial charge in [-0.3, -0.25) is 5.32 Å². The number of carbonyl (C=O) groups is 1. The summed E-state index contributed by atoms with van der Waals surface area (Å²) in [5.41, 5.74) is 6.17. The minimum absolute atomic E-state index is 0.501. The molecule has 22 heavy (non-hydrogen) atoms. The van der Waals surface area contributed by atoms with Crippen LogP contribution in [0.4, 0.5) is 10.5 Å². The Hall–Kier alpha value is -1.95. The van der Waals surface area contributed by atoms with E-state index in [1.165, 1.54) is 7.11 Å². The van der Waals surface area contributed by atoms with E-state index in [4.69, 9.17) is 19.9 Å². The molecule has 0 saturated carbocycles. The second-order valence-corrected chi connectivity index (χ2v) is 6.60. The first kappa shape index (κ1) is 18.1. The number of nitrogens with two attached hydrogens (primary N) is 1. The highest BCUT2D eigenvalue weighted by Gasteiger charge is 2.24. The van der Waals surface area contributed by atoms with Crippen LogP contribution in [-0.4, -0.2) is 25.9 Å². The Balaban J connectivity index is 3.24. The summed E-state index contributed by atoms with van der Waals surface area (Å²) in [4.78, 5) is 12.0. The Kier molecular flexibility index (Phi) is 5.30. The SMILES string of the molecule is COc1cc(NC(=O)OC(C)(C)C)c(C(C)(C)N)cc1OC. The largest absolute Gasteiger partial charge is 0.493 e. The number of amides is 1. The Labute approximate surface area is 131 Å². The van der Waals surface area contributed by atoms with E-state index in [1.807, 2.05) is 13.8 Å². The van der Waals surface area contributed by atoms with E-state index in [-0.39, 0.29) is 0 Å². The van der Waals surface area contributed by atoms with E-state index in [2.05, 4.69) is 5.32 Å². The third kappa shape index (κ3) is 4.80. The summed E-state index contributed by atoms with van der Waals surface area (Å²) in [6.07, 6.45) is -0.551. The monoisotopic (exact) mass is 310 g/mol. The van der Waals surface area contributed by atoms with E-state index in [9.17, 15) is 4.79 Å². The van der Waals surface area contributed by atoms with Gasteiger partial charge in [0.25, 0.3) is 0 Å². The Morgan fingerprint density at radius 2 is 1.55 bits per heavy atom. The molecule has 0 radical (unpaired) electrons. The van der Waals surface area contributed by atoms with Gasteiger partial charge in [-0.2, -0.15) is 0 Å². The molecule has 0 aliphatic heterocycles. The van der Waals surface area contributed by atoms with Crippen LogP contribution in [0.1, 0.15) is 40.2 Å². The highest BCUT2D eigenvalue weighted by Crippen LogP contribution is 2.37. The summed E-state index contributed by atoms with van der Waals surface area (Å²) in [7, 11) is 3.08. The first-order valence-electron chi connectivity index (χ1n) is 7.03. The molecule has 1 rings (SSSR count). The standard InChI is InChI=1S/C16H26N2O4/c1-15(2,3)22-14(19)18-11-9-13(21-7)12(20-6)8-10(11)16(4,5)17/h8-9H,17H2,1-7H3,(H,18,19). The summed E-state index contributed by atoms with van der Waals surface area (Å²) < 4.78 is 15.8. The second-order valence-electron chi connectivity index (χ2n) is 6.60. The summed E-state index contributed by atoms with van der Waals surface area (Å²) in [5.74, 6) is 1.05. The van der Waals surface area contributed by atoms with Gasteiger partial charge in [-0.1, -0.05) is 0 Å². The molecule has 1 amide bonds. The third-order valence-corrected chi connectivity index (χ3v) is 2.85. The van der Waals surface area contributed by atoms with Crippen molar-refractivity contribution in [2.24, 2.45) is 5.73 Å². The van der Waals surface area contributed by atoms with Gasteiger partial charge in [-0.25, -0.2) is 4.79 Å². The third-order valence-electron chi connectivity index (χ3n) is 2.85. The number of rotatable bonds is 4. The van der Waals surface area contributed by atoms with Crippen molar-refractivity contribution < 1.29 is 19.0 Å². The number of ether oxygens (including phenoxy) is 3. The average molecular weight is 310 g/mol. The van der Waals surface area contributed by atoms with Crippen LogP contribution < -0.4 is 20.5 Å². The van der Waals surface area contributed by atoms with E-state index >= 15 is 0 Å². The van der Waals surface area contributed by atoms with Gasteiger partial charge in [-0.15, -0.1) is 0 Å². The normalized spacial score (nSPS) is 11.8. The molecule has 0 aliphatic rings. The lowest BCUT2D eigenvalue weighted by molar-refractivity contribution is 0.0635. The molecule has 0 fully saturated rings. The van der Waals surface area contributed by atoms with Gasteiger partial charge in [0, 0.05) is 11.6 Å². The molecule has 0 aliphatic carbocycles. The van der Waals surface area contributed by atoms with Gasteiger partial charge >= 0.3 is 6.09 Å². The van der Waals surface area contributed by atoms with Gasteiger partial charge < -0.3 is 19.9 Å². The maximum Gasteiger partial charge on any atom is 0.412 e. The Bertz CT molecular complexity index is 542. The molecule has 3 N–H and O–H groups in total. The zero-order valence-corrected chi connectivity index (χ0v) is 14.4. The molecule has 0 bridgehead atoms. The fourth-order valence-corrected chi connectivity index (χ4v) is 1.93. The first-order valence-corrected chi connectivity index (χ1v) is 7.03. The van der Waals surface area contributed by atoms with E-state index in [0.29, 0.717) is 17.2 Å². The molecule has 0 aromatic heterocycles. The van der Waals surface area contributed by atoms with Crippen LogP contribution in [0.3, 0.4) is 0 Å². The number of hydrogen-bond acceptors (Lipinski definition) is 5. The van der Waals surface area contributed by atoms with Gasteiger partial charge in [0.2, 0.25) is 0 Å². The molecule has 0 spiro atoms. The zero-order chi connectivity index (χ0) is 17.1. The second kappa shape index (κ2) is 6.44. The number of benzene rings is 1. The van der Waals surface area contributed by atoms with Crippen molar-refractivity contribution in [2.75, 3.05) is 19.5 Å². The minimum atomic E-state index is -0.677. The fraction of sp³-hybridized carbons (Fsp3) is 0.562. The van der Waals surface area contributed by atoms with Crippen LogP contribution in [0.2, 0.25) is 0 Å². The van der Waals surface area contributed by atoms with Crippen LogP contribution >= 0.6 is 0 Å². The van der Waals surface area contributed by atoms with Crippen molar-refractivity contribution in [3.8, 4) is 11.5 Å². The van der Waals surface area contributed by atoms with Crippen LogP contribution in [0.5, 0.6) is 11.5 Å². The van der Waals surface area contributed by atoms with Crippen LogP contribution in [-0.2, 0) is 10.3 Å². The van der Waals surface area contributed by atoms with Crippen LogP contribution in [0.25, 0.3) is 0 Å². The maximum atomic E-state index is 12.0. The van der Waals surface area contributed by atoms with Crippen molar-refractivity contribution >= 4 is 11.8 Å². The van der Waals surface area contributed by atoms with E-state index < -0.39 is 17.2 Å². The molecular weight excluding hydrogens is 284 g/mol. The van der Waals surface area contributed by atoms with E-state index in [1.54, 1.807) is 40.0 Å². The highest BCUT2D eigenvalue weighted by atomic mass is 16.6. The van der Waals surface area contributed by atoms with Crippen molar-refractivity contribution in [1.82, 2.24) is 0 Å². The van der Waals surface area contributed by atoms with Gasteiger partial charge in [0.1, 0.15) is 5.60 Å². The van der Waals surface area contributed by atoms with Crippen LogP contribution in [0, 0.1) is 0 Å². The summed E-state index contributed by atoms with van der Waals surface area (Å²) in [6, 6.07) is 3.43. The molecule has 124 valence electrons. The number of anilines is 1. The summed E-state index contributed by atoms with van der Waals surface area (Å²) in [5, 5.41) is 2.72. The first-order chi connectivity index (χ1) is 9.97. The molecule has 0 unspecified atom stereocenters. The Morgan fingerprint density at radius 3 is 1.95 bits per heavy atom. The minimum Gasteiger partial charge on any atom is -0.493 e. The molecule has 1 aromatic carbocycles. The highest BCUT2D eigenvalue weighted by molar-refractivity contribution is 5.87. The molecule has 6 nitrogen and oxygen atoms in total. The van der Waals surface area contributed by atoms with Gasteiger partial charge in [-0.05, 0) is 46.2 Å². The lowest BCUT2D eigenvalue weighted by atomic mass is 9.93. The van der Waals surface area contributed by atoms with Crippen molar-refractivity contribution in [1.29, 1.82) is 0 Å². The lowest BCUT2D eigenvalue weighted by Gasteiger charge is -2.26. The molecule has 0 saturated heterocycles. The number of nitrogens with one attached hydrogen (secondary N) is 1. The lowest BCUT2D eigenvalue weighted by Crippen LogP contribution is -2.32. The fourth-order valence-electron chi connectivity index (χ4n) is 1.93. The summed E-state index contributed by atoms with van der Waals surface area (Å²) >= 11 is 0. The molecule has 6 heteroatoms. The number of carbonyl (C=O) groups excluding carboxylic acids is 1. The molecule has 0 atom stereocenters. The maximum absolute atomic E-state index is 12.0. The smallest absolute Gasteiger partial charge is 0.412 e. The van der Waals surface area contributed by atoms with Crippen molar-refractivity contribution in [3.63, 3.8) is 0 Å². The average Bonchev–Trinajstić information content (AvgIpc) is 2.34. The summed E-state index contributed by atoms with van der Waals surface area (Å²) in [6.45, 7) is 9.09. The van der Waals surface area contributed by atoms with Crippen molar-refractivity contribution in [3.05, 3.63) is 17.7 Å². The quantitative estimate of drug-likeness (QED) is 0.892. The van der Waals surface area contributed by atoms with Gasteiger partial charge in [0.05, 0.1) is 19.9 Å². The molecule has 0 heterocycles. The number of methoxy groups -OCH3 is 2. The van der Waals surface area contributed by atoms with Crippen LogP contribution in [0.15, 0.2) is 12.1 Å². The number of hydrogen-bond donors (Lipinski definition) is 2. The predicted octanol–water partition coefficient (Wildman–Crippen LogP) is 3.24. The Morgan fingerprint density at radius 1 is 1.05 bits per heavy atom. The van der Waals surface area contributed by atoms with Gasteiger partial charge in [0.15, 0.2) is 11.5 Å². The molecular formula is C16H26N2O4. The van der Waals surface area contributed by atoms with Crippen molar-refractivity contribution in [2.45, 2.75) is 45.8 Å². The zero-order valence-electron chi connectivity index (χ0n) is 14.4. The predicted molar refractivity (Wildman–Crippen MR) is 86.6 cm³/mol. The topological polar surface area (TPSA) is 82.8 Å². The molecule has 1 aromatic rings. The van der Waals surface area contributed by atoms with E-state index in [0.717, 1.165) is 5.56 Å².